The first kappa shape index (κ1) is 8.21. The summed E-state index contributed by atoms with van der Waals surface area (Å²) in [5, 5.41) is 13.4. The van der Waals surface area contributed by atoms with Crippen LogP contribution in [-0.4, -0.2) is 30.1 Å². The lowest BCUT2D eigenvalue weighted by Gasteiger charge is -2.29. The maximum absolute atomic E-state index is 9.92. The standard InChI is InChI=1S/C10H17NO2/c1-10(13-2)7-4-5-3-6(7)8(11-10)9(5)12/h5-9,11-12H,3-4H2,1-2H3. The highest BCUT2D eigenvalue weighted by atomic mass is 16.5. The highest BCUT2D eigenvalue weighted by Gasteiger charge is 2.63. The molecule has 2 N–H and O–H groups in total. The second-order valence-corrected chi connectivity index (χ2v) is 4.97. The van der Waals surface area contributed by atoms with Gasteiger partial charge in [-0.15, -0.1) is 0 Å². The van der Waals surface area contributed by atoms with Crippen LogP contribution in [0.1, 0.15) is 19.8 Å². The number of methoxy groups -OCH3 is 1. The minimum atomic E-state index is -0.179. The highest BCUT2D eigenvalue weighted by Crippen LogP contribution is 2.56. The summed E-state index contributed by atoms with van der Waals surface area (Å²) >= 11 is 0. The van der Waals surface area contributed by atoms with Gasteiger partial charge in [-0.1, -0.05) is 0 Å². The molecule has 0 aromatic rings. The third-order valence-corrected chi connectivity index (χ3v) is 4.55. The van der Waals surface area contributed by atoms with Crippen LogP contribution in [0.15, 0.2) is 0 Å². The third kappa shape index (κ3) is 0.808. The van der Waals surface area contributed by atoms with Crippen molar-refractivity contribution in [1.82, 2.24) is 5.32 Å². The molecule has 2 aliphatic carbocycles. The molecule has 1 heterocycles. The largest absolute Gasteiger partial charge is 0.391 e. The number of aliphatic hydroxyl groups is 1. The van der Waals surface area contributed by atoms with Gasteiger partial charge in [0.25, 0.3) is 0 Å². The van der Waals surface area contributed by atoms with Crippen LogP contribution in [0.2, 0.25) is 0 Å². The lowest BCUT2D eigenvalue weighted by atomic mass is 9.84. The van der Waals surface area contributed by atoms with Crippen molar-refractivity contribution in [2.24, 2.45) is 17.8 Å². The van der Waals surface area contributed by atoms with Gasteiger partial charge in [0.05, 0.1) is 6.10 Å². The molecule has 1 aliphatic heterocycles. The second-order valence-electron chi connectivity index (χ2n) is 4.97. The maximum Gasteiger partial charge on any atom is 0.119 e. The van der Waals surface area contributed by atoms with E-state index < -0.39 is 0 Å². The third-order valence-electron chi connectivity index (χ3n) is 4.55. The fraction of sp³-hybridized carbons (Fsp3) is 1.00. The van der Waals surface area contributed by atoms with E-state index in [-0.39, 0.29) is 11.8 Å². The summed E-state index contributed by atoms with van der Waals surface area (Å²) in [4.78, 5) is 0. The maximum atomic E-state index is 9.92. The van der Waals surface area contributed by atoms with Crippen molar-refractivity contribution in [3.63, 3.8) is 0 Å². The lowest BCUT2D eigenvalue weighted by Crippen LogP contribution is -2.46. The van der Waals surface area contributed by atoms with Crippen molar-refractivity contribution < 1.29 is 9.84 Å². The summed E-state index contributed by atoms with van der Waals surface area (Å²) in [6, 6.07) is 0.300. The molecular weight excluding hydrogens is 166 g/mol. The zero-order valence-electron chi connectivity index (χ0n) is 8.16. The van der Waals surface area contributed by atoms with E-state index in [2.05, 4.69) is 12.2 Å². The second kappa shape index (κ2) is 2.27. The molecule has 6 unspecified atom stereocenters. The Hall–Kier alpha value is -0.120. The monoisotopic (exact) mass is 183 g/mol. The summed E-state index contributed by atoms with van der Waals surface area (Å²) in [7, 11) is 1.76. The van der Waals surface area contributed by atoms with Gasteiger partial charge in [0.1, 0.15) is 5.72 Å². The Labute approximate surface area is 78.5 Å². The van der Waals surface area contributed by atoms with Crippen molar-refractivity contribution in [2.75, 3.05) is 7.11 Å². The Morgan fingerprint density at radius 3 is 2.77 bits per heavy atom. The van der Waals surface area contributed by atoms with Crippen LogP contribution >= 0.6 is 0 Å². The summed E-state index contributed by atoms with van der Waals surface area (Å²) in [5.74, 6) is 1.81. The molecule has 6 atom stereocenters. The SMILES string of the molecule is COC1(C)NC2C(O)C3CC2C1C3. The van der Waals surface area contributed by atoms with Gasteiger partial charge in [0.15, 0.2) is 0 Å². The van der Waals surface area contributed by atoms with Crippen LogP contribution in [0, 0.1) is 17.8 Å². The fourth-order valence-electron chi connectivity index (χ4n) is 3.81. The van der Waals surface area contributed by atoms with Crippen molar-refractivity contribution in [1.29, 1.82) is 0 Å². The Kier molecular flexibility index (Phi) is 1.43. The Morgan fingerprint density at radius 1 is 1.46 bits per heavy atom. The molecule has 2 bridgehead atoms. The van der Waals surface area contributed by atoms with Crippen LogP contribution in [0.5, 0.6) is 0 Å². The molecule has 74 valence electrons. The van der Waals surface area contributed by atoms with E-state index in [4.69, 9.17) is 4.74 Å². The van der Waals surface area contributed by atoms with E-state index >= 15 is 0 Å². The highest BCUT2D eigenvalue weighted by molar-refractivity contribution is 5.15. The molecule has 0 aromatic heterocycles. The van der Waals surface area contributed by atoms with E-state index in [1.807, 2.05) is 0 Å². The lowest BCUT2D eigenvalue weighted by molar-refractivity contribution is -0.0465. The predicted molar refractivity (Wildman–Crippen MR) is 48.0 cm³/mol. The van der Waals surface area contributed by atoms with E-state index in [0.29, 0.717) is 23.8 Å². The van der Waals surface area contributed by atoms with Gasteiger partial charge in [-0.3, -0.25) is 5.32 Å². The van der Waals surface area contributed by atoms with Gasteiger partial charge in [-0.25, -0.2) is 0 Å². The van der Waals surface area contributed by atoms with Gasteiger partial charge in [-0.2, -0.15) is 0 Å². The van der Waals surface area contributed by atoms with Gasteiger partial charge >= 0.3 is 0 Å². The number of hydrogen-bond donors (Lipinski definition) is 2. The molecule has 0 spiro atoms. The number of fused-ring (bicyclic) bond motifs is 1. The van der Waals surface area contributed by atoms with Crippen LogP contribution < -0.4 is 5.32 Å². The van der Waals surface area contributed by atoms with E-state index in [1.165, 1.54) is 6.42 Å². The molecule has 3 heteroatoms. The Balaban J connectivity index is 1.96. The number of nitrogens with one attached hydrogen (secondary N) is 1. The minimum Gasteiger partial charge on any atom is -0.391 e. The van der Waals surface area contributed by atoms with Gasteiger partial charge in [0.2, 0.25) is 0 Å². The van der Waals surface area contributed by atoms with Crippen molar-refractivity contribution in [2.45, 2.75) is 37.6 Å². The minimum absolute atomic E-state index is 0.127. The van der Waals surface area contributed by atoms with Gasteiger partial charge < -0.3 is 9.84 Å². The number of ether oxygens (including phenoxy) is 1. The van der Waals surface area contributed by atoms with E-state index in [1.54, 1.807) is 7.11 Å². The summed E-state index contributed by atoms with van der Waals surface area (Å²) in [6.45, 7) is 2.12. The first-order valence-electron chi connectivity index (χ1n) is 5.16. The molecule has 0 aromatic carbocycles. The smallest absolute Gasteiger partial charge is 0.119 e. The normalized spacial score (nSPS) is 63.5. The number of aliphatic hydroxyl groups excluding tert-OH is 1. The zero-order valence-corrected chi connectivity index (χ0v) is 8.16. The topological polar surface area (TPSA) is 41.5 Å². The quantitative estimate of drug-likeness (QED) is 0.616. The van der Waals surface area contributed by atoms with Crippen LogP contribution in [-0.2, 0) is 4.74 Å². The molecule has 3 rings (SSSR count). The summed E-state index contributed by atoms with van der Waals surface area (Å²) < 4.78 is 5.54. The molecule has 3 fully saturated rings. The van der Waals surface area contributed by atoms with Gasteiger partial charge in [-0.05, 0) is 31.6 Å². The Morgan fingerprint density at radius 2 is 2.23 bits per heavy atom. The molecule has 13 heavy (non-hydrogen) atoms. The fourth-order valence-corrected chi connectivity index (χ4v) is 3.81. The molecule has 2 saturated carbocycles. The molecule has 3 aliphatic rings. The first-order valence-corrected chi connectivity index (χ1v) is 5.16. The summed E-state index contributed by atoms with van der Waals surface area (Å²) in [5.41, 5.74) is -0.179. The van der Waals surface area contributed by atoms with E-state index in [9.17, 15) is 5.11 Å². The molecular formula is C10H17NO2. The summed E-state index contributed by atoms with van der Waals surface area (Å²) in [6.07, 6.45) is 2.21. The molecule has 1 saturated heterocycles. The van der Waals surface area contributed by atoms with Crippen LogP contribution in [0.3, 0.4) is 0 Å². The molecule has 3 nitrogen and oxygen atoms in total. The predicted octanol–water partition coefficient (Wildman–Crippen LogP) is 0.338. The van der Waals surface area contributed by atoms with Crippen molar-refractivity contribution in [3.05, 3.63) is 0 Å². The van der Waals surface area contributed by atoms with Crippen molar-refractivity contribution in [3.8, 4) is 0 Å². The number of rotatable bonds is 1. The first-order chi connectivity index (χ1) is 6.15. The number of hydrogen-bond acceptors (Lipinski definition) is 3. The Bertz CT molecular complexity index is 245. The molecule has 0 amide bonds. The van der Waals surface area contributed by atoms with E-state index in [0.717, 1.165) is 6.42 Å². The molecule has 0 radical (unpaired) electrons. The van der Waals surface area contributed by atoms with Crippen molar-refractivity contribution >= 4 is 0 Å². The van der Waals surface area contributed by atoms with Crippen LogP contribution in [0.25, 0.3) is 0 Å². The van der Waals surface area contributed by atoms with Crippen LogP contribution in [0.4, 0.5) is 0 Å². The van der Waals surface area contributed by atoms with Gasteiger partial charge in [0, 0.05) is 19.1 Å². The zero-order chi connectivity index (χ0) is 9.22. The average Bonchev–Trinajstić information content (AvgIpc) is 2.70. The average molecular weight is 183 g/mol.